The summed E-state index contributed by atoms with van der Waals surface area (Å²) in [6, 6.07) is 6.26. The molecule has 0 saturated carbocycles. The molecule has 1 aromatic carbocycles. The molecule has 1 unspecified atom stereocenters. The Kier molecular flexibility index (Phi) is 5.20. The Labute approximate surface area is 128 Å². The summed E-state index contributed by atoms with van der Waals surface area (Å²) in [6.07, 6.45) is 5.82. The van der Waals surface area contributed by atoms with E-state index in [2.05, 4.69) is 40.2 Å². The Morgan fingerprint density at radius 3 is 2.85 bits per heavy atom. The Morgan fingerprint density at radius 1 is 1.40 bits per heavy atom. The lowest BCUT2D eigenvalue weighted by atomic mass is 10.1. The van der Waals surface area contributed by atoms with E-state index in [1.54, 1.807) is 7.11 Å². The Balaban J connectivity index is 2.05. The van der Waals surface area contributed by atoms with Gasteiger partial charge in [-0.15, -0.1) is 0 Å². The number of nitrogens with two attached hydrogens (primary N) is 1. The van der Waals surface area contributed by atoms with Gasteiger partial charge in [0.1, 0.15) is 5.75 Å². The minimum atomic E-state index is 0.211. The van der Waals surface area contributed by atoms with Crippen LogP contribution in [0.1, 0.15) is 24.5 Å². The Bertz CT molecular complexity index is 568. The predicted molar refractivity (Wildman–Crippen MR) is 84.0 cm³/mol. The quantitative estimate of drug-likeness (QED) is 0.881. The highest BCUT2D eigenvalue weighted by molar-refractivity contribution is 9.10. The molecule has 1 aromatic heterocycles. The first-order valence-corrected chi connectivity index (χ1v) is 7.51. The molecule has 0 radical (unpaired) electrons. The summed E-state index contributed by atoms with van der Waals surface area (Å²) in [5, 5.41) is 4.39. The van der Waals surface area contributed by atoms with Gasteiger partial charge in [-0.3, -0.25) is 4.68 Å². The van der Waals surface area contributed by atoms with E-state index < -0.39 is 0 Å². The summed E-state index contributed by atoms with van der Waals surface area (Å²) in [5.74, 6) is 0.837. The largest absolute Gasteiger partial charge is 0.496 e. The molecular formula is C15H20BrN3O. The highest BCUT2D eigenvalue weighted by Gasteiger charge is 2.06. The monoisotopic (exact) mass is 337 g/mol. The van der Waals surface area contributed by atoms with Gasteiger partial charge in [-0.05, 0) is 52.0 Å². The first-order chi connectivity index (χ1) is 9.62. The highest BCUT2D eigenvalue weighted by Crippen LogP contribution is 2.25. The average Bonchev–Trinajstić information content (AvgIpc) is 2.86. The molecule has 0 saturated heterocycles. The van der Waals surface area contributed by atoms with Crippen LogP contribution in [0.2, 0.25) is 0 Å². The maximum atomic E-state index is 5.96. The van der Waals surface area contributed by atoms with Gasteiger partial charge >= 0.3 is 0 Å². The van der Waals surface area contributed by atoms with Crippen LogP contribution >= 0.6 is 15.9 Å². The van der Waals surface area contributed by atoms with Gasteiger partial charge in [-0.25, -0.2) is 0 Å². The zero-order chi connectivity index (χ0) is 14.5. The zero-order valence-corrected chi connectivity index (χ0v) is 13.4. The van der Waals surface area contributed by atoms with E-state index in [4.69, 9.17) is 10.5 Å². The molecule has 0 fully saturated rings. The van der Waals surface area contributed by atoms with Crippen molar-refractivity contribution in [2.24, 2.45) is 5.73 Å². The minimum absolute atomic E-state index is 0.211. The van der Waals surface area contributed by atoms with Crippen molar-refractivity contribution in [3.63, 3.8) is 0 Å². The summed E-state index contributed by atoms with van der Waals surface area (Å²) in [5.41, 5.74) is 8.32. The van der Waals surface area contributed by atoms with Gasteiger partial charge in [-0.2, -0.15) is 5.10 Å². The summed E-state index contributed by atoms with van der Waals surface area (Å²) in [7, 11) is 1.66. The van der Waals surface area contributed by atoms with Crippen molar-refractivity contribution in [3.05, 3.63) is 46.2 Å². The van der Waals surface area contributed by atoms with Crippen LogP contribution < -0.4 is 10.5 Å². The fourth-order valence-corrected chi connectivity index (χ4v) is 2.63. The van der Waals surface area contributed by atoms with E-state index in [0.29, 0.717) is 0 Å². The van der Waals surface area contributed by atoms with E-state index in [9.17, 15) is 0 Å². The van der Waals surface area contributed by atoms with Gasteiger partial charge in [0.2, 0.25) is 0 Å². The predicted octanol–water partition coefficient (Wildman–Crippen LogP) is 2.98. The number of methoxy groups -OCH3 is 1. The lowest BCUT2D eigenvalue weighted by Gasteiger charge is -2.07. The van der Waals surface area contributed by atoms with E-state index in [1.165, 1.54) is 11.1 Å². The number of halogens is 1. The number of aromatic nitrogens is 2. The smallest absolute Gasteiger partial charge is 0.133 e. The van der Waals surface area contributed by atoms with Crippen LogP contribution in [-0.2, 0) is 13.0 Å². The second-order valence-corrected chi connectivity index (χ2v) is 5.74. The SMILES string of the molecule is CCC(N)Cc1cnn(Cc2ccc(OC)c(Br)c2)c1. The summed E-state index contributed by atoms with van der Waals surface area (Å²) in [6.45, 7) is 2.84. The van der Waals surface area contributed by atoms with Crippen LogP contribution in [0.4, 0.5) is 0 Å². The number of nitrogens with zero attached hydrogens (tertiary/aromatic N) is 2. The Hall–Kier alpha value is -1.33. The molecule has 20 heavy (non-hydrogen) atoms. The third-order valence-electron chi connectivity index (χ3n) is 3.27. The molecule has 1 heterocycles. The molecular weight excluding hydrogens is 318 g/mol. The molecule has 2 aromatic rings. The highest BCUT2D eigenvalue weighted by atomic mass is 79.9. The third kappa shape index (κ3) is 3.84. The number of hydrogen-bond acceptors (Lipinski definition) is 3. The van der Waals surface area contributed by atoms with Crippen LogP contribution in [0.25, 0.3) is 0 Å². The Morgan fingerprint density at radius 2 is 2.20 bits per heavy atom. The molecule has 2 N–H and O–H groups in total. The number of hydrogen-bond donors (Lipinski definition) is 1. The molecule has 0 bridgehead atoms. The maximum Gasteiger partial charge on any atom is 0.133 e. The summed E-state index contributed by atoms with van der Waals surface area (Å²) >= 11 is 3.50. The van der Waals surface area contributed by atoms with Gasteiger partial charge in [0.15, 0.2) is 0 Å². The van der Waals surface area contributed by atoms with Gasteiger partial charge in [0, 0.05) is 12.2 Å². The van der Waals surface area contributed by atoms with E-state index in [0.717, 1.165) is 29.6 Å². The standard InChI is InChI=1S/C15H20BrN3O/c1-3-13(17)6-12-8-18-19(10-12)9-11-4-5-15(20-2)14(16)7-11/h4-5,7-8,10,13H,3,6,9,17H2,1-2H3. The summed E-state index contributed by atoms with van der Waals surface area (Å²) in [4.78, 5) is 0. The molecule has 0 aliphatic rings. The second kappa shape index (κ2) is 6.90. The molecule has 0 aliphatic carbocycles. The van der Waals surface area contributed by atoms with Crippen molar-refractivity contribution in [2.45, 2.75) is 32.4 Å². The van der Waals surface area contributed by atoms with Gasteiger partial charge in [0.05, 0.1) is 24.3 Å². The number of ether oxygens (including phenoxy) is 1. The van der Waals surface area contributed by atoms with E-state index in [-0.39, 0.29) is 6.04 Å². The van der Waals surface area contributed by atoms with Crippen LogP contribution in [0.3, 0.4) is 0 Å². The lowest BCUT2D eigenvalue weighted by Crippen LogP contribution is -2.21. The number of benzene rings is 1. The van der Waals surface area contributed by atoms with Crippen molar-refractivity contribution in [2.75, 3.05) is 7.11 Å². The average molecular weight is 338 g/mol. The molecule has 0 amide bonds. The van der Waals surface area contributed by atoms with E-state index in [1.807, 2.05) is 23.0 Å². The normalized spacial score (nSPS) is 12.4. The number of rotatable bonds is 6. The topological polar surface area (TPSA) is 53.1 Å². The van der Waals surface area contributed by atoms with Crippen molar-refractivity contribution in [1.82, 2.24) is 9.78 Å². The van der Waals surface area contributed by atoms with E-state index >= 15 is 0 Å². The van der Waals surface area contributed by atoms with Crippen molar-refractivity contribution in [1.29, 1.82) is 0 Å². The molecule has 2 rings (SSSR count). The molecule has 4 nitrogen and oxygen atoms in total. The molecule has 5 heteroatoms. The molecule has 108 valence electrons. The first kappa shape index (κ1) is 15.1. The van der Waals surface area contributed by atoms with Gasteiger partial charge in [0.25, 0.3) is 0 Å². The van der Waals surface area contributed by atoms with Crippen LogP contribution in [0.15, 0.2) is 35.1 Å². The van der Waals surface area contributed by atoms with Crippen LogP contribution in [-0.4, -0.2) is 22.9 Å². The summed E-state index contributed by atoms with van der Waals surface area (Å²) < 4.78 is 8.12. The maximum absolute atomic E-state index is 5.96. The first-order valence-electron chi connectivity index (χ1n) is 6.71. The molecule has 0 spiro atoms. The minimum Gasteiger partial charge on any atom is -0.496 e. The molecule has 1 atom stereocenters. The van der Waals surface area contributed by atoms with Crippen molar-refractivity contribution >= 4 is 15.9 Å². The fourth-order valence-electron chi connectivity index (χ4n) is 2.04. The fraction of sp³-hybridized carbons (Fsp3) is 0.400. The van der Waals surface area contributed by atoms with Crippen molar-refractivity contribution in [3.8, 4) is 5.75 Å². The second-order valence-electron chi connectivity index (χ2n) is 4.89. The lowest BCUT2D eigenvalue weighted by molar-refractivity contribution is 0.412. The van der Waals surface area contributed by atoms with Gasteiger partial charge in [-0.1, -0.05) is 13.0 Å². The van der Waals surface area contributed by atoms with Crippen LogP contribution in [0, 0.1) is 0 Å². The molecule has 0 aliphatic heterocycles. The van der Waals surface area contributed by atoms with Crippen molar-refractivity contribution < 1.29 is 4.74 Å². The zero-order valence-electron chi connectivity index (χ0n) is 11.8. The third-order valence-corrected chi connectivity index (χ3v) is 3.89. The van der Waals surface area contributed by atoms with Gasteiger partial charge < -0.3 is 10.5 Å². The van der Waals surface area contributed by atoms with Crippen LogP contribution in [0.5, 0.6) is 5.75 Å².